The maximum absolute atomic E-state index is 11.7. The van der Waals surface area contributed by atoms with Crippen LogP contribution >= 0.6 is 0 Å². The number of amides is 1. The summed E-state index contributed by atoms with van der Waals surface area (Å²) in [6.45, 7) is 5.33. The van der Waals surface area contributed by atoms with Gasteiger partial charge in [-0.2, -0.15) is 0 Å². The first-order valence-corrected chi connectivity index (χ1v) is 6.18. The SMILES string of the molecule is COCCNC(=O)C(C)NC1CCCC1C. The van der Waals surface area contributed by atoms with Crippen LogP contribution in [-0.2, 0) is 9.53 Å². The molecule has 0 aromatic rings. The van der Waals surface area contributed by atoms with Crippen molar-refractivity contribution in [2.75, 3.05) is 20.3 Å². The fourth-order valence-electron chi connectivity index (χ4n) is 2.22. The number of rotatable bonds is 6. The Morgan fingerprint density at radius 1 is 1.50 bits per heavy atom. The zero-order chi connectivity index (χ0) is 12.0. The minimum absolute atomic E-state index is 0.0659. The predicted molar refractivity (Wildman–Crippen MR) is 64.3 cm³/mol. The van der Waals surface area contributed by atoms with Gasteiger partial charge in [-0.05, 0) is 25.7 Å². The van der Waals surface area contributed by atoms with Crippen molar-refractivity contribution < 1.29 is 9.53 Å². The Morgan fingerprint density at radius 2 is 2.25 bits per heavy atom. The van der Waals surface area contributed by atoms with E-state index in [0.717, 1.165) is 0 Å². The van der Waals surface area contributed by atoms with E-state index in [0.29, 0.717) is 25.1 Å². The van der Waals surface area contributed by atoms with Gasteiger partial charge in [0.05, 0.1) is 12.6 Å². The molecule has 0 saturated heterocycles. The highest BCUT2D eigenvalue weighted by Crippen LogP contribution is 2.24. The zero-order valence-electron chi connectivity index (χ0n) is 10.6. The van der Waals surface area contributed by atoms with Gasteiger partial charge in [-0.15, -0.1) is 0 Å². The number of carbonyl (C=O) groups is 1. The fraction of sp³-hybridized carbons (Fsp3) is 0.917. The molecule has 0 heterocycles. The van der Waals surface area contributed by atoms with E-state index in [2.05, 4.69) is 17.6 Å². The number of nitrogens with one attached hydrogen (secondary N) is 2. The Hall–Kier alpha value is -0.610. The van der Waals surface area contributed by atoms with Gasteiger partial charge in [0.15, 0.2) is 0 Å². The number of ether oxygens (including phenoxy) is 1. The minimum Gasteiger partial charge on any atom is -0.383 e. The van der Waals surface area contributed by atoms with Crippen molar-refractivity contribution in [1.29, 1.82) is 0 Å². The summed E-state index contributed by atoms with van der Waals surface area (Å²) < 4.78 is 4.89. The molecule has 0 aromatic heterocycles. The molecule has 0 spiro atoms. The molecule has 1 aliphatic carbocycles. The molecule has 3 atom stereocenters. The van der Waals surface area contributed by atoms with Crippen LogP contribution in [0.5, 0.6) is 0 Å². The molecule has 1 rings (SSSR count). The van der Waals surface area contributed by atoms with Gasteiger partial charge in [0.1, 0.15) is 0 Å². The van der Waals surface area contributed by atoms with Crippen molar-refractivity contribution in [3.8, 4) is 0 Å². The molecule has 94 valence electrons. The first kappa shape index (κ1) is 13.5. The van der Waals surface area contributed by atoms with Gasteiger partial charge in [0.25, 0.3) is 0 Å². The molecule has 4 nitrogen and oxygen atoms in total. The number of methoxy groups -OCH3 is 1. The van der Waals surface area contributed by atoms with Crippen LogP contribution in [0, 0.1) is 5.92 Å². The van der Waals surface area contributed by atoms with Crippen molar-refractivity contribution in [2.24, 2.45) is 5.92 Å². The van der Waals surface area contributed by atoms with Crippen molar-refractivity contribution >= 4 is 5.91 Å². The first-order valence-electron chi connectivity index (χ1n) is 6.18. The lowest BCUT2D eigenvalue weighted by Crippen LogP contribution is -2.47. The summed E-state index contributed by atoms with van der Waals surface area (Å²) in [7, 11) is 1.63. The zero-order valence-corrected chi connectivity index (χ0v) is 10.6. The molecular formula is C12H24N2O2. The average Bonchev–Trinajstić information content (AvgIpc) is 2.64. The summed E-state index contributed by atoms with van der Waals surface area (Å²) in [4.78, 5) is 11.7. The quantitative estimate of drug-likeness (QED) is 0.665. The number of carbonyl (C=O) groups excluding carboxylic acids is 1. The van der Waals surface area contributed by atoms with E-state index in [1.165, 1.54) is 19.3 Å². The highest BCUT2D eigenvalue weighted by atomic mass is 16.5. The fourth-order valence-corrected chi connectivity index (χ4v) is 2.22. The molecule has 0 radical (unpaired) electrons. The monoisotopic (exact) mass is 228 g/mol. The summed E-state index contributed by atoms with van der Waals surface area (Å²) in [5.41, 5.74) is 0. The van der Waals surface area contributed by atoms with E-state index < -0.39 is 0 Å². The van der Waals surface area contributed by atoms with E-state index >= 15 is 0 Å². The molecule has 1 aliphatic rings. The van der Waals surface area contributed by atoms with Crippen molar-refractivity contribution in [3.63, 3.8) is 0 Å². The molecule has 4 heteroatoms. The lowest BCUT2D eigenvalue weighted by Gasteiger charge is -2.22. The Balaban J connectivity index is 2.22. The third kappa shape index (κ3) is 4.10. The summed E-state index contributed by atoms with van der Waals surface area (Å²) in [6.07, 6.45) is 3.74. The van der Waals surface area contributed by atoms with Crippen LogP contribution in [0.15, 0.2) is 0 Å². The van der Waals surface area contributed by atoms with E-state index in [1.54, 1.807) is 7.11 Å². The van der Waals surface area contributed by atoms with Crippen LogP contribution in [0.1, 0.15) is 33.1 Å². The van der Waals surface area contributed by atoms with Gasteiger partial charge < -0.3 is 15.4 Å². The summed E-state index contributed by atoms with van der Waals surface area (Å²) in [6, 6.07) is 0.394. The van der Waals surface area contributed by atoms with E-state index in [9.17, 15) is 4.79 Å². The van der Waals surface area contributed by atoms with Crippen LogP contribution in [0.25, 0.3) is 0 Å². The second-order valence-electron chi connectivity index (χ2n) is 4.69. The molecule has 16 heavy (non-hydrogen) atoms. The Kier molecular flexibility index (Phi) is 5.77. The van der Waals surface area contributed by atoms with Crippen LogP contribution < -0.4 is 10.6 Å². The standard InChI is InChI=1S/C12H24N2O2/c1-9-5-4-6-11(9)14-10(2)12(15)13-7-8-16-3/h9-11,14H,4-8H2,1-3H3,(H,13,15). The maximum Gasteiger partial charge on any atom is 0.236 e. The van der Waals surface area contributed by atoms with Crippen LogP contribution in [0.2, 0.25) is 0 Å². The molecule has 0 aromatic carbocycles. The average molecular weight is 228 g/mol. The molecular weight excluding hydrogens is 204 g/mol. The molecule has 0 bridgehead atoms. The molecule has 1 saturated carbocycles. The van der Waals surface area contributed by atoms with Gasteiger partial charge in [0, 0.05) is 19.7 Å². The van der Waals surface area contributed by atoms with Gasteiger partial charge in [-0.3, -0.25) is 4.79 Å². The largest absolute Gasteiger partial charge is 0.383 e. The Labute approximate surface area is 98.1 Å². The lowest BCUT2D eigenvalue weighted by atomic mass is 10.1. The number of hydrogen-bond donors (Lipinski definition) is 2. The van der Waals surface area contributed by atoms with Gasteiger partial charge in [0.2, 0.25) is 5.91 Å². The second kappa shape index (κ2) is 6.86. The molecule has 0 aliphatic heterocycles. The first-order chi connectivity index (χ1) is 7.65. The van der Waals surface area contributed by atoms with Crippen molar-refractivity contribution in [1.82, 2.24) is 10.6 Å². The summed E-state index contributed by atoms with van der Waals surface area (Å²) in [5, 5.41) is 6.25. The second-order valence-corrected chi connectivity index (χ2v) is 4.69. The van der Waals surface area contributed by atoms with E-state index in [4.69, 9.17) is 4.74 Å². The Morgan fingerprint density at radius 3 is 2.81 bits per heavy atom. The van der Waals surface area contributed by atoms with E-state index in [1.807, 2.05) is 6.92 Å². The van der Waals surface area contributed by atoms with Crippen LogP contribution in [0.3, 0.4) is 0 Å². The highest BCUT2D eigenvalue weighted by Gasteiger charge is 2.26. The molecule has 3 unspecified atom stereocenters. The molecule has 2 N–H and O–H groups in total. The van der Waals surface area contributed by atoms with Crippen molar-refractivity contribution in [2.45, 2.75) is 45.2 Å². The van der Waals surface area contributed by atoms with Gasteiger partial charge in [-0.1, -0.05) is 13.3 Å². The van der Waals surface area contributed by atoms with Crippen LogP contribution in [0.4, 0.5) is 0 Å². The third-order valence-electron chi connectivity index (χ3n) is 3.32. The Bertz CT molecular complexity index is 221. The summed E-state index contributed by atoms with van der Waals surface area (Å²) in [5.74, 6) is 0.755. The highest BCUT2D eigenvalue weighted by molar-refractivity contribution is 5.81. The lowest BCUT2D eigenvalue weighted by molar-refractivity contribution is -0.123. The van der Waals surface area contributed by atoms with Gasteiger partial charge in [-0.25, -0.2) is 0 Å². The summed E-state index contributed by atoms with van der Waals surface area (Å²) >= 11 is 0. The minimum atomic E-state index is -0.109. The maximum atomic E-state index is 11.7. The van der Waals surface area contributed by atoms with E-state index in [-0.39, 0.29) is 11.9 Å². The van der Waals surface area contributed by atoms with Gasteiger partial charge >= 0.3 is 0 Å². The third-order valence-corrected chi connectivity index (χ3v) is 3.32. The molecule has 1 amide bonds. The van der Waals surface area contributed by atoms with Crippen LogP contribution in [-0.4, -0.2) is 38.3 Å². The molecule has 1 fully saturated rings. The topological polar surface area (TPSA) is 50.4 Å². The smallest absolute Gasteiger partial charge is 0.236 e. The number of hydrogen-bond acceptors (Lipinski definition) is 3. The normalized spacial score (nSPS) is 26.7. The van der Waals surface area contributed by atoms with Crippen molar-refractivity contribution in [3.05, 3.63) is 0 Å². The predicted octanol–water partition coefficient (Wildman–Crippen LogP) is 0.916.